The first-order valence-electron chi connectivity index (χ1n) is 5.31. The monoisotopic (exact) mass is 186 g/mol. The molecule has 1 aliphatic rings. The average molecular weight is 186 g/mol. The number of methoxy groups -OCH3 is 1. The molecule has 0 bridgehead atoms. The van der Waals surface area contributed by atoms with Crippen LogP contribution in [0.5, 0.6) is 0 Å². The van der Waals surface area contributed by atoms with E-state index in [2.05, 4.69) is 4.90 Å². The molecule has 1 fully saturated rings. The Morgan fingerprint density at radius 2 is 2.23 bits per heavy atom. The molecule has 0 aliphatic carbocycles. The SMILES string of the molecule is COCCN1CCCCCC1CN. The Hall–Kier alpha value is -0.120. The summed E-state index contributed by atoms with van der Waals surface area (Å²) in [4.78, 5) is 2.48. The zero-order valence-corrected chi connectivity index (χ0v) is 8.67. The average Bonchev–Trinajstić information content (AvgIpc) is 2.39. The van der Waals surface area contributed by atoms with Gasteiger partial charge in [0.25, 0.3) is 0 Å². The van der Waals surface area contributed by atoms with Gasteiger partial charge in [-0.2, -0.15) is 0 Å². The molecule has 0 radical (unpaired) electrons. The standard InChI is InChI=1S/C10H22N2O/c1-13-8-7-12-6-4-2-3-5-10(12)9-11/h10H,2-9,11H2,1H3. The first kappa shape index (κ1) is 11.0. The molecule has 2 N–H and O–H groups in total. The van der Waals surface area contributed by atoms with E-state index in [1.54, 1.807) is 7.11 Å². The molecule has 1 atom stereocenters. The molecular formula is C10H22N2O. The predicted molar refractivity (Wildman–Crippen MR) is 54.8 cm³/mol. The highest BCUT2D eigenvalue weighted by Crippen LogP contribution is 2.15. The van der Waals surface area contributed by atoms with Gasteiger partial charge in [0.1, 0.15) is 0 Å². The Morgan fingerprint density at radius 1 is 1.38 bits per heavy atom. The van der Waals surface area contributed by atoms with E-state index in [1.165, 1.54) is 32.2 Å². The van der Waals surface area contributed by atoms with E-state index >= 15 is 0 Å². The molecule has 0 aromatic carbocycles. The molecule has 0 aromatic rings. The fraction of sp³-hybridized carbons (Fsp3) is 1.00. The normalized spacial score (nSPS) is 25.8. The lowest BCUT2D eigenvalue weighted by Crippen LogP contribution is -2.41. The minimum absolute atomic E-state index is 0.595. The van der Waals surface area contributed by atoms with Gasteiger partial charge in [-0.3, -0.25) is 4.90 Å². The molecule has 0 amide bonds. The zero-order valence-electron chi connectivity index (χ0n) is 8.67. The highest BCUT2D eigenvalue weighted by molar-refractivity contribution is 4.75. The van der Waals surface area contributed by atoms with Crippen LogP contribution in [-0.4, -0.2) is 44.3 Å². The fourth-order valence-corrected chi connectivity index (χ4v) is 2.01. The summed E-state index contributed by atoms with van der Waals surface area (Å²) in [7, 11) is 1.76. The van der Waals surface area contributed by atoms with Crippen molar-refractivity contribution in [1.82, 2.24) is 4.90 Å². The molecule has 1 saturated heterocycles. The van der Waals surface area contributed by atoms with Gasteiger partial charge in [0.05, 0.1) is 6.61 Å². The van der Waals surface area contributed by atoms with Crippen LogP contribution in [0.25, 0.3) is 0 Å². The molecule has 1 unspecified atom stereocenters. The van der Waals surface area contributed by atoms with Gasteiger partial charge in [-0.05, 0) is 19.4 Å². The fourth-order valence-electron chi connectivity index (χ4n) is 2.01. The molecule has 0 aromatic heterocycles. The highest BCUT2D eigenvalue weighted by atomic mass is 16.5. The molecule has 0 saturated carbocycles. The zero-order chi connectivity index (χ0) is 9.52. The number of hydrogen-bond acceptors (Lipinski definition) is 3. The van der Waals surface area contributed by atoms with E-state index < -0.39 is 0 Å². The van der Waals surface area contributed by atoms with Crippen molar-refractivity contribution >= 4 is 0 Å². The smallest absolute Gasteiger partial charge is 0.0589 e. The molecule has 3 nitrogen and oxygen atoms in total. The van der Waals surface area contributed by atoms with E-state index in [1.807, 2.05) is 0 Å². The number of ether oxygens (including phenoxy) is 1. The molecule has 13 heavy (non-hydrogen) atoms. The Labute approximate surface area is 81.2 Å². The van der Waals surface area contributed by atoms with Gasteiger partial charge in [-0.15, -0.1) is 0 Å². The lowest BCUT2D eigenvalue weighted by molar-refractivity contribution is 0.123. The number of likely N-dealkylation sites (tertiary alicyclic amines) is 1. The molecule has 0 spiro atoms. The van der Waals surface area contributed by atoms with E-state index in [-0.39, 0.29) is 0 Å². The Balaban J connectivity index is 2.34. The summed E-state index contributed by atoms with van der Waals surface area (Å²) in [6.45, 7) is 3.86. The van der Waals surface area contributed by atoms with Crippen LogP contribution in [-0.2, 0) is 4.74 Å². The molecule has 3 heteroatoms. The van der Waals surface area contributed by atoms with Gasteiger partial charge in [0.2, 0.25) is 0 Å². The van der Waals surface area contributed by atoms with Crippen molar-refractivity contribution in [2.45, 2.75) is 31.7 Å². The lowest BCUT2D eigenvalue weighted by Gasteiger charge is -2.28. The lowest BCUT2D eigenvalue weighted by atomic mass is 10.1. The van der Waals surface area contributed by atoms with E-state index in [4.69, 9.17) is 10.5 Å². The van der Waals surface area contributed by atoms with Crippen LogP contribution in [0.4, 0.5) is 0 Å². The third-order valence-corrected chi connectivity index (χ3v) is 2.85. The molecule has 1 rings (SSSR count). The second-order valence-corrected chi connectivity index (χ2v) is 3.77. The number of nitrogens with two attached hydrogens (primary N) is 1. The number of rotatable bonds is 4. The second kappa shape index (κ2) is 6.35. The van der Waals surface area contributed by atoms with Gasteiger partial charge in [-0.1, -0.05) is 12.8 Å². The summed E-state index contributed by atoms with van der Waals surface area (Å²) in [6, 6.07) is 0.595. The minimum atomic E-state index is 0.595. The van der Waals surface area contributed by atoms with Crippen LogP contribution in [0, 0.1) is 0 Å². The van der Waals surface area contributed by atoms with Gasteiger partial charge in [0, 0.05) is 26.2 Å². The van der Waals surface area contributed by atoms with Gasteiger partial charge < -0.3 is 10.5 Å². The van der Waals surface area contributed by atoms with Gasteiger partial charge in [0.15, 0.2) is 0 Å². The highest BCUT2D eigenvalue weighted by Gasteiger charge is 2.18. The number of nitrogens with zero attached hydrogens (tertiary/aromatic N) is 1. The first-order valence-corrected chi connectivity index (χ1v) is 5.31. The summed E-state index contributed by atoms with van der Waals surface area (Å²) >= 11 is 0. The summed E-state index contributed by atoms with van der Waals surface area (Å²) in [5.41, 5.74) is 5.75. The minimum Gasteiger partial charge on any atom is -0.383 e. The molecular weight excluding hydrogens is 164 g/mol. The first-order chi connectivity index (χ1) is 6.38. The molecule has 78 valence electrons. The van der Waals surface area contributed by atoms with Crippen LogP contribution in [0.15, 0.2) is 0 Å². The van der Waals surface area contributed by atoms with Crippen LogP contribution in [0.3, 0.4) is 0 Å². The van der Waals surface area contributed by atoms with Crippen molar-refractivity contribution < 1.29 is 4.74 Å². The van der Waals surface area contributed by atoms with Crippen molar-refractivity contribution in [3.8, 4) is 0 Å². The predicted octanol–water partition coefficient (Wildman–Crippen LogP) is 0.836. The summed E-state index contributed by atoms with van der Waals surface area (Å²) in [6.07, 6.45) is 5.28. The molecule has 1 aliphatic heterocycles. The summed E-state index contributed by atoms with van der Waals surface area (Å²) in [5.74, 6) is 0. The van der Waals surface area contributed by atoms with Crippen LogP contribution < -0.4 is 5.73 Å². The van der Waals surface area contributed by atoms with E-state index in [0.29, 0.717) is 6.04 Å². The second-order valence-electron chi connectivity index (χ2n) is 3.77. The molecule has 1 heterocycles. The van der Waals surface area contributed by atoms with Crippen molar-refractivity contribution in [1.29, 1.82) is 0 Å². The maximum Gasteiger partial charge on any atom is 0.0589 e. The van der Waals surface area contributed by atoms with Crippen LogP contribution in [0.2, 0.25) is 0 Å². The van der Waals surface area contributed by atoms with Crippen molar-refractivity contribution in [3.63, 3.8) is 0 Å². The third kappa shape index (κ3) is 3.63. The Bertz CT molecular complexity index is 130. The van der Waals surface area contributed by atoms with Crippen molar-refractivity contribution in [2.24, 2.45) is 5.73 Å². The summed E-state index contributed by atoms with van der Waals surface area (Å²) < 4.78 is 5.10. The Kier molecular flexibility index (Phi) is 5.35. The van der Waals surface area contributed by atoms with Crippen LogP contribution >= 0.6 is 0 Å². The van der Waals surface area contributed by atoms with Gasteiger partial charge in [-0.25, -0.2) is 0 Å². The topological polar surface area (TPSA) is 38.5 Å². The summed E-state index contributed by atoms with van der Waals surface area (Å²) in [5, 5.41) is 0. The maximum atomic E-state index is 5.75. The van der Waals surface area contributed by atoms with Crippen LogP contribution in [0.1, 0.15) is 25.7 Å². The largest absolute Gasteiger partial charge is 0.383 e. The van der Waals surface area contributed by atoms with Crippen molar-refractivity contribution in [3.05, 3.63) is 0 Å². The van der Waals surface area contributed by atoms with E-state index in [9.17, 15) is 0 Å². The number of hydrogen-bond donors (Lipinski definition) is 1. The van der Waals surface area contributed by atoms with Crippen molar-refractivity contribution in [2.75, 3.05) is 33.4 Å². The third-order valence-electron chi connectivity index (χ3n) is 2.85. The maximum absolute atomic E-state index is 5.75. The van der Waals surface area contributed by atoms with E-state index in [0.717, 1.165) is 19.7 Å². The Morgan fingerprint density at radius 3 is 2.92 bits per heavy atom. The quantitative estimate of drug-likeness (QED) is 0.707. The van der Waals surface area contributed by atoms with Gasteiger partial charge >= 0.3 is 0 Å².